The lowest BCUT2D eigenvalue weighted by atomic mass is 9.89. The molecular formula is C25H25Br. The lowest BCUT2D eigenvalue weighted by molar-refractivity contribution is 0.616. The largest absolute Gasteiger partial charge is 0.0941 e. The summed E-state index contributed by atoms with van der Waals surface area (Å²) in [5, 5.41) is 0. The van der Waals surface area contributed by atoms with Gasteiger partial charge in [0.2, 0.25) is 0 Å². The third kappa shape index (κ3) is 4.34. The molecule has 0 amide bonds. The Balaban J connectivity index is 1.74. The number of hydrogen-bond donors (Lipinski definition) is 0. The van der Waals surface area contributed by atoms with Gasteiger partial charge in [0.25, 0.3) is 0 Å². The van der Waals surface area contributed by atoms with E-state index >= 15 is 0 Å². The Morgan fingerprint density at radius 3 is 2.27 bits per heavy atom. The van der Waals surface area contributed by atoms with Gasteiger partial charge in [-0.15, -0.1) is 0 Å². The van der Waals surface area contributed by atoms with E-state index in [2.05, 4.69) is 115 Å². The maximum absolute atomic E-state index is 4.37. The number of aryl methyl sites for hydroxylation is 1. The van der Waals surface area contributed by atoms with Crippen LogP contribution >= 0.6 is 15.9 Å². The summed E-state index contributed by atoms with van der Waals surface area (Å²) >= 11 is 3.90. The predicted octanol–water partition coefficient (Wildman–Crippen LogP) is 7.32. The Kier molecular flexibility index (Phi) is 6.11. The first kappa shape index (κ1) is 18.7. The van der Waals surface area contributed by atoms with Crippen molar-refractivity contribution in [1.82, 2.24) is 0 Å². The van der Waals surface area contributed by atoms with Crippen LogP contribution in [0.25, 0.3) is 16.7 Å². The molecule has 0 saturated heterocycles. The summed E-state index contributed by atoms with van der Waals surface area (Å²) < 4.78 is 0. The molecule has 3 rings (SSSR count). The van der Waals surface area contributed by atoms with E-state index in [9.17, 15) is 0 Å². The molecule has 2 unspecified atom stereocenters. The van der Waals surface area contributed by atoms with Crippen molar-refractivity contribution >= 4 is 21.5 Å². The molecule has 0 aliphatic heterocycles. The second-order valence-corrected chi connectivity index (χ2v) is 7.98. The quantitative estimate of drug-likeness (QED) is 0.377. The van der Waals surface area contributed by atoms with Gasteiger partial charge in [0.05, 0.1) is 0 Å². The average molecular weight is 405 g/mol. The van der Waals surface area contributed by atoms with Crippen LogP contribution < -0.4 is 0 Å². The van der Waals surface area contributed by atoms with Crippen molar-refractivity contribution in [3.05, 3.63) is 102 Å². The van der Waals surface area contributed by atoms with Crippen molar-refractivity contribution in [3.8, 4) is 11.1 Å². The smallest absolute Gasteiger partial charge is 0.0424 e. The molecule has 26 heavy (non-hydrogen) atoms. The zero-order valence-electron chi connectivity index (χ0n) is 15.5. The van der Waals surface area contributed by atoms with Gasteiger partial charge in [-0.05, 0) is 52.7 Å². The zero-order valence-corrected chi connectivity index (χ0v) is 17.0. The van der Waals surface area contributed by atoms with Crippen LogP contribution in [0.5, 0.6) is 0 Å². The molecule has 0 heterocycles. The molecular weight excluding hydrogens is 380 g/mol. The van der Waals surface area contributed by atoms with Crippen LogP contribution in [0.2, 0.25) is 0 Å². The maximum Gasteiger partial charge on any atom is 0.0424 e. The number of alkyl halides is 1. The molecule has 0 fully saturated rings. The molecule has 0 aliphatic rings. The van der Waals surface area contributed by atoms with Crippen molar-refractivity contribution < 1.29 is 0 Å². The van der Waals surface area contributed by atoms with E-state index in [1.807, 2.05) is 0 Å². The van der Waals surface area contributed by atoms with E-state index in [1.165, 1.54) is 27.8 Å². The number of rotatable bonds is 6. The van der Waals surface area contributed by atoms with E-state index in [4.69, 9.17) is 0 Å². The molecule has 3 aromatic rings. The fourth-order valence-electron chi connectivity index (χ4n) is 3.41. The van der Waals surface area contributed by atoms with Gasteiger partial charge in [0, 0.05) is 4.83 Å². The summed E-state index contributed by atoms with van der Waals surface area (Å²) in [7, 11) is 0. The van der Waals surface area contributed by atoms with Gasteiger partial charge in [0.15, 0.2) is 0 Å². The summed E-state index contributed by atoms with van der Waals surface area (Å²) in [6, 6.07) is 27.9. The van der Waals surface area contributed by atoms with Gasteiger partial charge < -0.3 is 0 Å². The lowest BCUT2D eigenvalue weighted by Crippen LogP contribution is -2.15. The van der Waals surface area contributed by atoms with Crippen LogP contribution in [0.1, 0.15) is 23.6 Å². The Bertz CT molecular complexity index is 879. The number of hydrogen-bond acceptors (Lipinski definition) is 0. The summed E-state index contributed by atoms with van der Waals surface area (Å²) in [5.74, 6) is 0.452. The lowest BCUT2D eigenvalue weighted by Gasteiger charge is -2.22. The SMILES string of the molecule is C=C(c1ccccc1C)C(Br)C(C)Cc1cccc(-c2ccccc2)c1. The van der Waals surface area contributed by atoms with E-state index in [0.29, 0.717) is 5.92 Å². The highest BCUT2D eigenvalue weighted by Gasteiger charge is 2.20. The zero-order chi connectivity index (χ0) is 18.5. The Morgan fingerprint density at radius 2 is 1.54 bits per heavy atom. The predicted molar refractivity (Wildman–Crippen MR) is 118 cm³/mol. The van der Waals surface area contributed by atoms with Gasteiger partial charge in [-0.3, -0.25) is 0 Å². The molecule has 0 aromatic heterocycles. The van der Waals surface area contributed by atoms with Crippen LogP contribution in [-0.2, 0) is 6.42 Å². The van der Waals surface area contributed by atoms with Gasteiger partial charge in [-0.25, -0.2) is 0 Å². The standard InChI is InChI=1S/C25H25Br/c1-18-10-7-8-15-24(18)20(3)25(26)19(2)16-21-11-9-14-23(17-21)22-12-5-4-6-13-22/h4-15,17,19,25H,3,16H2,1-2H3. The van der Waals surface area contributed by atoms with Gasteiger partial charge >= 0.3 is 0 Å². The van der Waals surface area contributed by atoms with Gasteiger partial charge in [-0.2, -0.15) is 0 Å². The Morgan fingerprint density at radius 1 is 0.885 bits per heavy atom. The van der Waals surface area contributed by atoms with Crippen molar-refractivity contribution in [2.75, 3.05) is 0 Å². The molecule has 2 atom stereocenters. The van der Waals surface area contributed by atoms with E-state index in [0.717, 1.165) is 12.0 Å². The second kappa shape index (κ2) is 8.51. The molecule has 0 spiro atoms. The summed E-state index contributed by atoms with van der Waals surface area (Å²) in [5.41, 5.74) is 7.59. The first-order valence-corrected chi connectivity index (χ1v) is 10.0. The highest BCUT2D eigenvalue weighted by Crippen LogP contribution is 2.32. The molecule has 132 valence electrons. The van der Waals surface area contributed by atoms with Crippen molar-refractivity contribution in [2.45, 2.75) is 25.1 Å². The first-order chi connectivity index (χ1) is 12.6. The van der Waals surface area contributed by atoms with Crippen LogP contribution in [-0.4, -0.2) is 4.83 Å². The Labute approximate surface area is 165 Å². The average Bonchev–Trinajstić information content (AvgIpc) is 2.68. The summed E-state index contributed by atoms with van der Waals surface area (Å²) in [6.07, 6.45) is 1.02. The molecule has 1 heteroatoms. The third-order valence-electron chi connectivity index (χ3n) is 4.92. The van der Waals surface area contributed by atoms with Crippen LogP contribution in [0, 0.1) is 12.8 Å². The molecule has 0 radical (unpaired) electrons. The van der Waals surface area contributed by atoms with E-state index in [1.54, 1.807) is 0 Å². The topological polar surface area (TPSA) is 0 Å². The third-order valence-corrected chi connectivity index (χ3v) is 6.37. The van der Waals surface area contributed by atoms with Gasteiger partial charge in [0.1, 0.15) is 0 Å². The number of benzene rings is 3. The monoisotopic (exact) mass is 404 g/mol. The van der Waals surface area contributed by atoms with Crippen LogP contribution in [0.4, 0.5) is 0 Å². The fourth-order valence-corrected chi connectivity index (χ4v) is 3.84. The van der Waals surface area contributed by atoms with Gasteiger partial charge in [-0.1, -0.05) is 108 Å². The minimum Gasteiger partial charge on any atom is -0.0941 e. The highest BCUT2D eigenvalue weighted by atomic mass is 79.9. The van der Waals surface area contributed by atoms with Crippen LogP contribution in [0.3, 0.4) is 0 Å². The van der Waals surface area contributed by atoms with Crippen molar-refractivity contribution in [1.29, 1.82) is 0 Å². The second-order valence-electron chi connectivity index (χ2n) is 6.99. The normalized spacial score (nSPS) is 13.2. The minimum atomic E-state index is 0.254. The minimum absolute atomic E-state index is 0.254. The first-order valence-electron chi connectivity index (χ1n) is 9.09. The summed E-state index contributed by atoms with van der Waals surface area (Å²) in [6.45, 7) is 8.80. The number of halogens is 1. The van der Waals surface area contributed by atoms with Crippen molar-refractivity contribution in [2.24, 2.45) is 5.92 Å². The van der Waals surface area contributed by atoms with E-state index in [-0.39, 0.29) is 4.83 Å². The maximum atomic E-state index is 4.37. The molecule has 0 N–H and O–H groups in total. The number of allylic oxidation sites excluding steroid dienone is 1. The molecule has 0 saturated carbocycles. The molecule has 0 bridgehead atoms. The highest BCUT2D eigenvalue weighted by molar-refractivity contribution is 9.09. The fraction of sp³-hybridized carbons (Fsp3) is 0.200. The van der Waals surface area contributed by atoms with Crippen molar-refractivity contribution in [3.63, 3.8) is 0 Å². The molecule has 0 aliphatic carbocycles. The van der Waals surface area contributed by atoms with Crippen LogP contribution in [0.15, 0.2) is 85.4 Å². The molecule has 3 aromatic carbocycles. The molecule has 0 nitrogen and oxygen atoms in total. The van der Waals surface area contributed by atoms with E-state index < -0.39 is 0 Å². The Hall–Kier alpha value is -2.12. The summed E-state index contributed by atoms with van der Waals surface area (Å²) in [4.78, 5) is 0.254.